The van der Waals surface area contributed by atoms with E-state index in [-0.39, 0.29) is 0 Å². The highest BCUT2D eigenvalue weighted by Crippen LogP contribution is 2.56. The number of phenolic OH excluding ortho intramolecular Hbond substituents is 1. The third kappa shape index (κ3) is 3.35. The minimum atomic E-state index is -0.921. The van der Waals surface area contributed by atoms with E-state index >= 15 is 0 Å². The van der Waals surface area contributed by atoms with Crippen molar-refractivity contribution in [3.05, 3.63) is 30.3 Å². The van der Waals surface area contributed by atoms with Crippen LogP contribution in [0, 0.1) is 16.7 Å². The number of hydrogen-bond acceptors (Lipinski definition) is 3. The van der Waals surface area contributed by atoms with Gasteiger partial charge in [0.15, 0.2) is 0 Å². The first-order valence-electron chi connectivity index (χ1n) is 6.83. The normalized spacial score (nSPS) is 26.5. The standard InChI is InChI=1S/C10H16O4.C6H6O/c1-9(2)6(7(11)12)4-5-10(9,3)8(13)14;7-6-4-2-1-3-5-6/h6H,4-5H2,1-3H3,(H,11,12)(H,13,14);1-5,7H. The molecule has 1 saturated carbocycles. The third-order valence-corrected chi connectivity index (χ3v) is 4.75. The number of para-hydroxylation sites is 1. The molecule has 116 valence electrons. The molecule has 1 aromatic rings. The van der Waals surface area contributed by atoms with Crippen LogP contribution in [0.3, 0.4) is 0 Å². The SMILES string of the molecule is CC1(C(=O)O)CCC(C(=O)O)C1(C)C.Oc1ccccc1. The Kier molecular flexibility index (Phi) is 4.99. The maximum absolute atomic E-state index is 11.1. The van der Waals surface area contributed by atoms with E-state index in [2.05, 4.69) is 0 Å². The van der Waals surface area contributed by atoms with E-state index in [0.717, 1.165) is 0 Å². The van der Waals surface area contributed by atoms with Crippen LogP contribution < -0.4 is 0 Å². The van der Waals surface area contributed by atoms with Crippen LogP contribution in [-0.2, 0) is 9.59 Å². The predicted octanol–water partition coefficient (Wildman–Crippen LogP) is 2.99. The molecule has 1 fully saturated rings. The number of rotatable bonds is 2. The molecule has 5 nitrogen and oxygen atoms in total. The average Bonchev–Trinajstić information content (AvgIpc) is 2.63. The van der Waals surface area contributed by atoms with Gasteiger partial charge in [-0.1, -0.05) is 32.0 Å². The largest absolute Gasteiger partial charge is 0.508 e. The lowest BCUT2D eigenvalue weighted by atomic mass is 9.66. The Morgan fingerprint density at radius 2 is 1.62 bits per heavy atom. The van der Waals surface area contributed by atoms with E-state index in [1.54, 1.807) is 45.0 Å². The molecule has 0 bridgehead atoms. The van der Waals surface area contributed by atoms with Crippen LogP contribution in [0.5, 0.6) is 5.75 Å². The van der Waals surface area contributed by atoms with Crippen molar-refractivity contribution in [2.24, 2.45) is 16.7 Å². The maximum Gasteiger partial charge on any atom is 0.309 e. The summed E-state index contributed by atoms with van der Waals surface area (Å²) >= 11 is 0. The molecular formula is C16H22O5. The number of carboxylic acids is 2. The third-order valence-electron chi connectivity index (χ3n) is 4.75. The van der Waals surface area contributed by atoms with Crippen LogP contribution in [-0.4, -0.2) is 27.3 Å². The smallest absolute Gasteiger partial charge is 0.309 e. The van der Waals surface area contributed by atoms with Gasteiger partial charge < -0.3 is 15.3 Å². The van der Waals surface area contributed by atoms with Crippen LogP contribution in [0.15, 0.2) is 30.3 Å². The number of aliphatic carboxylic acids is 2. The molecular weight excluding hydrogens is 272 g/mol. The zero-order valence-electron chi connectivity index (χ0n) is 12.5. The molecule has 1 aliphatic carbocycles. The molecule has 2 unspecified atom stereocenters. The second kappa shape index (κ2) is 6.16. The van der Waals surface area contributed by atoms with Gasteiger partial charge in [-0.15, -0.1) is 0 Å². The molecule has 0 spiro atoms. The van der Waals surface area contributed by atoms with Crippen LogP contribution in [0.1, 0.15) is 33.6 Å². The van der Waals surface area contributed by atoms with E-state index in [1.807, 2.05) is 6.07 Å². The van der Waals surface area contributed by atoms with E-state index in [4.69, 9.17) is 15.3 Å². The molecule has 0 amide bonds. The molecule has 2 atom stereocenters. The lowest BCUT2D eigenvalue weighted by Gasteiger charge is -2.36. The Morgan fingerprint density at radius 3 is 1.86 bits per heavy atom. The van der Waals surface area contributed by atoms with Gasteiger partial charge in [0.1, 0.15) is 5.75 Å². The number of carboxylic acid groups (broad SMARTS) is 2. The summed E-state index contributed by atoms with van der Waals surface area (Å²) in [5, 5.41) is 26.7. The minimum absolute atomic E-state index is 0.322. The summed E-state index contributed by atoms with van der Waals surface area (Å²) in [4.78, 5) is 22.0. The molecule has 1 aromatic carbocycles. The fourth-order valence-corrected chi connectivity index (χ4v) is 2.74. The molecule has 5 heteroatoms. The second-order valence-electron chi connectivity index (χ2n) is 6.12. The van der Waals surface area contributed by atoms with Crippen molar-refractivity contribution in [3.8, 4) is 5.75 Å². The molecule has 0 aromatic heterocycles. The molecule has 0 heterocycles. The van der Waals surface area contributed by atoms with Gasteiger partial charge in [0.05, 0.1) is 11.3 Å². The number of carbonyl (C=O) groups is 2. The number of hydrogen-bond donors (Lipinski definition) is 3. The lowest BCUT2D eigenvalue weighted by molar-refractivity contribution is -0.157. The number of aromatic hydroxyl groups is 1. The van der Waals surface area contributed by atoms with Crippen molar-refractivity contribution in [1.82, 2.24) is 0 Å². The second-order valence-corrected chi connectivity index (χ2v) is 6.12. The zero-order valence-corrected chi connectivity index (χ0v) is 12.5. The van der Waals surface area contributed by atoms with Crippen molar-refractivity contribution >= 4 is 11.9 Å². The minimum Gasteiger partial charge on any atom is -0.508 e. The molecule has 3 N–H and O–H groups in total. The van der Waals surface area contributed by atoms with Gasteiger partial charge in [-0.25, -0.2) is 0 Å². The van der Waals surface area contributed by atoms with Crippen molar-refractivity contribution in [2.45, 2.75) is 33.6 Å². The summed E-state index contributed by atoms with van der Waals surface area (Å²) in [6.45, 7) is 5.10. The van der Waals surface area contributed by atoms with E-state index in [1.165, 1.54) is 0 Å². The summed E-state index contributed by atoms with van der Waals surface area (Å²) in [5.74, 6) is -2.02. The fourth-order valence-electron chi connectivity index (χ4n) is 2.74. The monoisotopic (exact) mass is 294 g/mol. The van der Waals surface area contributed by atoms with E-state index < -0.39 is 28.7 Å². The van der Waals surface area contributed by atoms with Crippen LogP contribution in [0.4, 0.5) is 0 Å². The highest BCUT2D eigenvalue weighted by Gasteiger charge is 2.58. The van der Waals surface area contributed by atoms with Gasteiger partial charge in [0.2, 0.25) is 0 Å². The van der Waals surface area contributed by atoms with Gasteiger partial charge in [-0.05, 0) is 37.3 Å². The Balaban J connectivity index is 0.000000262. The summed E-state index contributed by atoms with van der Waals surface area (Å²) in [7, 11) is 0. The predicted molar refractivity (Wildman–Crippen MR) is 78.0 cm³/mol. The molecule has 0 radical (unpaired) electrons. The lowest BCUT2D eigenvalue weighted by Crippen LogP contribution is -2.42. The van der Waals surface area contributed by atoms with Gasteiger partial charge in [0, 0.05) is 0 Å². The average molecular weight is 294 g/mol. The Hall–Kier alpha value is -2.04. The van der Waals surface area contributed by atoms with Crippen LogP contribution in [0.25, 0.3) is 0 Å². The summed E-state index contributed by atoms with van der Waals surface area (Å²) in [6, 6.07) is 8.71. The number of phenols is 1. The van der Waals surface area contributed by atoms with Gasteiger partial charge >= 0.3 is 11.9 Å². The highest BCUT2D eigenvalue weighted by molar-refractivity contribution is 5.80. The summed E-state index contributed by atoms with van der Waals surface area (Å²) in [6.07, 6.45) is 0.886. The van der Waals surface area contributed by atoms with Crippen molar-refractivity contribution < 1.29 is 24.9 Å². The molecule has 21 heavy (non-hydrogen) atoms. The molecule has 0 aliphatic heterocycles. The van der Waals surface area contributed by atoms with Crippen molar-refractivity contribution in [2.75, 3.05) is 0 Å². The maximum atomic E-state index is 11.1. The molecule has 0 saturated heterocycles. The van der Waals surface area contributed by atoms with Gasteiger partial charge in [-0.3, -0.25) is 9.59 Å². The summed E-state index contributed by atoms with van der Waals surface area (Å²) in [5.41, 5.74) is -1.61. The van der Waals surface area contributed by atoms with Crippen LogP contribution in [0.2, 0.25) is 0 Å². The van der Waals surface area contributed by atoms with Gasteiger partial charge in [0.25, 0.3) is 0 Å². The topological polar surface area (TPSA) is 94.8 Å². The first kappa shape index (κ1) is 17.0. The Labute approximate surface area is 124 Å². The van der Waals surface area contributed by atoms with Crippen molar-refractivity contribution in [3.63, 3.8) is 0 Å². The molecule has 1 aliphatic rings. The first-order valence-corrected chi connectivity index (χ1v) is 6.83. The van der Waals surface area contributed by atoms with Crippen LogP contribution >= 0.6 is 0 Å². The quantitative estimate of drug-likeness (QED) is 0.779. The summed E-state index contributed by atoms with van der Waals surface area (Å²) < 4.78 is 0. The first-order chi connectivity index (χ1) is 9.63. The zero-order chi connectivity index (χ0) is 16.3. The van der Waals surface area contributed by atoms with E-state index in [9.17, 15) is 9.59 Å². The van der Waals surface area contributed by atoms with Crippen molar-refractivity contribution in [1.29, 1.82) is 0 Å². The highest BCUT2D eigenvalue weighted by atomic mass is 16.4. The van der Waals surface area contributed by atoms with E-state index in [0.29, 0.717) is 18.6 Å². The molecule has 2 rings (SSSR count). The fraction of sp³-hybridized carbons (Fsp3) is 0.500. The number of benzene rings is 1. The van der Waals surface area contributed by atoms with Gasteiger partial charge in [-0.2, -0.15) is 0 Å². The Morgan fingerprint density at radius 1 is 1.10 bits per heavy atom. The Bertz CT molecular complexity index is 509.